The third-order valence-electron chi connectivity index (χ3n) is 12.3. The fourth-order valence-electron chi connectivity index (χ4n) is 8.91. The number of ether oxygens (including phenoxy) is 4. The molecule has 2 aliphatic heterocycles. The van der Waals surface area contributed by atoms with Gasteiger partial charge in [0.25, 0.3) is 11.8 Å². The second-order valence-electron chi connectivity index (χ2n) is 21.1. The van der Waals surface area contributed by atoms with Crippen molar-refractivity contribution < 1.29 is 303 Å². The van der Waals surface area contributed by atoms with Crippen LogP contribution in [0.25, 0.3) is 0 Å². The van der Waals surface area contributed by atoms with Crippen molar-refractivity contribution in [3.05, 3.63) is 0 Å². The topological polar surface area (TPSA) is 1110 Å². The normalized spacial score (nSPS) is 24.0. The van der Waals surface area contributed by atoms with Crippen LogP contribution in [-0.4, -0.2) is 369 Å². The van der Waals surface area contributed by atoms with Gasteiger partial charge in [0.15, 0.2) is 37.0 Å². The van der Waals surface area contributed by atoms with Gasteiger partial charge >= 0.3 is 166 Å². The number of nitrogens with one attached hydrogen (secondary N) is 2. The molecule has 2 fully saturated rings. The Balaban J connectivity index is 3.00. The summed E-state index contributed by atoms with van der Waals surface area (Å²) in [6.45, 7) is -12.2. The molecular weight excluding hydrogens is 2020 g/mol. The van der Waals surface area contributed by atoms with E-state index in [0.29, 0.717) is 0 Å². The van der Waals surface area contributed by atoms with Crippen LogP contribution < -0.4 is 10.6 Å². The molecule has 0 radical (unpaired) electrons. The average Bonchev–Trinajstić information content (AvgIpc) is 0.766. The van der Waals surface area contributed by atoms with Crippen LogP contribution in [0.5, 0.6) is 0 Å². The third-order valence-corrected chi connectivity index (χ3v) is 19.6. The van der Waals surface area contributed by atoms with Crippen LogP contribution in [0.1, 0.15) is 25.7 Å². The highest BCUT2D eigenvalue weighted by molar-refractivity contribution is 7.84. The van der Waals surface area contributed by atoms with Crippen molar-refractivity contribution in [1.82, 2.24) is 10.6 Å². The minimum absolute atomic E-state index is 0.639. The largest absolute Gasteiger partial charge is 0.398 e. The Bertz CT molecular complexity index is 5090. The van der Waals surface area contributed by atoms with Gasteiger partial charge in [0.1, 0.15) is 73.2 Å². The molecule has 88 heteroatoms. The van der Waals surface area contributed by atoms with Crippen molar-refractivity contribution in [3.63, 3.8) is 0 Å². The molecule has 18 atom stereocenters. The summed E-state index contributed by atoms with van der Waals surface area (Å²) < 4.78 is 628. The lowest BCUT2D eigenvalue weighted by molar-refractivity contribution is -0.312. The molecule has 2 rings (SSSR count). The monoisotopic (exact) mass is 2080 g/mol. The second-order valence-corrected chi connectivity index (χ2v) is 38.0. The summed E-state index contributed by atoms with van der Waals surface area (Å²) in [5.41, 5.74) is 0. The van der Waals surface area contributed by atoms with E-state index in [0.717, 1.165) is 0 Å². The molecule has 0 unspecified atom stereocenters. The first-order chi connectivity index (χ1) is 52.3. The average molecular weight is 2080 g/mol. The van der Waals surface area contributed by atoms with Gasteiger partial charge in [0.05, 0.1) is 26.4 Å². The number of carbonyl (C=O) groups is 2. The molecule has 702 valence electrons. The van der Waals surface area contributed by atoms with E-state index in [1.165, 1.54) is 0 Å². The Morgan fingerprint density at radius 3 is 0.712 bits per heavy atom. The predicted molar refractivity (Wildman–Crippen MR) is 339 cm³/mol. The van der Waals surface area contributed by atoms with Crippen molar-refractivity contribution >= 4 is 178 Å². The van der Waals surface area contributed by atoms with Gasteiger partial charge in [0, 0.05) is 13.1 Å². The summed E-state index contributed by atoms with van der Waals surface area (Å²) in [4.78, 5) is 28.1. The Hall–Kier alpha value is -3.30. The highest BCUT2D eigenvalue weighted by Crippen LogP contribution is 2.38. The molecule has 0 bridgehead atoms. The Kier molecular flexibility index (Phi) is 39.7. The van der Waals surface area contributed by atoms with Crippen LogP contribution >= 0.6 is 0 Å². The van der Waals surface area contributed by atoms with Crippen molar-refractivity contribution in [2.75, 3.05) is 39.5 Å². The van der Waals surface area contributed by atoms with Crippen molar-refractivity contribution in [2.45, 2.75) is 136 Å². The van der Waals surface area contributed by atoms with E-state index in [-0.39, 0.29) is 0 Å². The molecule has 2 saturated heterocycles. The van der Waals surface area contributed by atoms with E-state index < -0.39 is 354 Å². The molecule has 0 aromatic heterocycles. The summed E-state index contributed by atoms with van der Waals surface area (Å²) in [7, 11) is -104. The maximum atomic E-state index is 14.1. The number of carbonyl (C=O) groups excluding carboxylic acids is 2. The number of hydrogen-bond donors (Lipinski definition) is 18. The molecule has 18 N–H and O–H groups in total. The lowest BCUT2D eigenvalue weighted by Gasteiger charge is -2.45. The maximum Gasteiger partial charge on any atom is 0.398 e. The van der Waals surface area contributed by atoms with Gasteiger partial charge in [-0.25, -0.2) is 66.9 Å². The van der Waals surface area contributed by atoms with Crippen molar-refractivity contribution in [1.29, 1.82) is 0 Å². The summed E-state index contributed by atoms with van der Waals surface area (Å²) in [5, 5.41) is 3.10. The van der Waals surface area contributed by atoms with Gasteiger partial charge in [0.2, 0.25) is 0 Å². The van der Waals surface area contributed by atoms with Gasteiger partial charge < -0.3 is 29.6 Å². The lowest BCUT2D eigenvalue weighted by Crippen LogP contribution is -2.65. The summed E-state index contributed by atoms with van der Waals surface area (Å²) in [5.74, 6) is -5.02. The first-order valence-electron chi connectivity index (χ1n) is 27.8. The zero-order chi connectivity index (χ0) is 92.2. The predicted octanol–water partition coefficient (Wildman–Crippen LogP) is -13.5. The SMILES string of the molecule is O=C(NCCCCCCNC(=O)[C@H](OS(=O)(=O)O)[C@@H](OS(=O)(=O)O)[C@H](O[C@@H]1O[C@H](COS(=O)(=O)O)[C@H](OS(=O)(=O)O)[C@H](OS(=O)(=O)O)[C@H]1OS(=O)(=O)O)[C@@H](COS(=O)(=O)O)OS(=O)(=O)O)[C@H](OS(=O)(=O)O)[C@@H](OS(=O)(=O)O)[C@H](O[C@@H]1O[C@H](COS(=O)(=O)O)[C@H](OS(=O)(=O)O)[C@H](OS(=O)(=O)O)[C@H]1OS(=O)(=O)O)[C@@H](COS(=O)(=O)O)OS(=O)(=O)O. The van der Waals surface area contributed by atoms with Crippen LogP contribution in [0.15, 0.2) is 0 Å². The van der Waals surface area contributed by atoms with Crippen LogP contribution in [-0.2, 0) is 262 Å². The molecule has 2 heterocycles. The first kappa shape index (κ1) is 111. The van der Waals surface area contributed by atoms with E-state index >= 15 is 0 Å². The van der Waals surface area contributed by atoms with Gasteiger partial charge in [-0.05, 0) is 12.8 Å². The summed E-state index contributed by atoms with van der Waals surface area (Å²) >= 11 is 0. The number of unbranched alkanes of at least 4 members (excludes halogenated alkanes) is 3. The summed E-state index contributed by atoms with van der Waals surface area (Å²) in [6.07, 6.45) is -71.7. The molecule has 0 saturated carbocycles. The molecule has 2 aliphatic rings. The molecule has 0 aromatic rings. The Labute approximate surface area is 662 Å². The standard InChI is InChI=1S/C30H56N2O70S16/c33-27(23(99-115(71,72)73)19(95-111(59,60)61)15(13(91-107(47,48)49)9-85-105(41,42)43)89-29-25(101-117(77,78)79)21(97-113(65,66)67)17(93-109(53,54)55)11(87-29)7-83-103(35,36)37)31-5-3-1-2-4-6-32-28(34)24(100-116(74,75)76)20(96-112(62,63)64)16(14(92-108(50,51)52)10-86-106(44,45)46)90-30-26(102-118(80,81)82)22(98-114(68,69)70)18(94-110(56,57)58)12(88-30)8-84-104(38,39)40/h11-26,29-30H,1-10H2,(H,31,33)(H,32,34)(H,35,36,37)(H,38,39,40)(H,41,42,43)(H,44,45,46)(H,47,48,49)(H,50,51,52)(H,53,54,55)(H,56,57,58)(H,59,60,61)(H,62,63,64)(H,65,66,67)(H,68,69,70)(H,71,72,73)(H,74,75,76)(H,77,78,79)(H,80,81,82)/t11-,12-,13-,14-,15-,16-,17+,18+,19+,20+,21+,22+,23-,24-,25-,26-,29+,30+/m1/s1. The summed E-state index contributed by atoms with van der Waals surface area (Å²) in [6, 6.07) is 0. The highest BCUT2D eigenvalue weighted by Gasteiger charge is 2.60. The molecule has 118 heavy (non-hydrogen) atoms. The lowest BCUT2D eigenvalue weighted by atomic mass is 9.98. The molecule has 0 aromatic carbocycles. The van der Waals surface area contributed by atoms with Crippen LogP contribution in [0.4, 0.5) is 0 Å². The van der Waals surface area contributed by atoms with E-state index in [1.54, 1.807) is 10.6 Å². The molecule has 72 nitrogen and oxygen atoms in total. The molecule has 2 amide bonds. The Morgan fingerprint density at radius 1 is 0.263 bits per heavy atom. The van der Waals surface area contributed by atoms with Crippen molar-refractivity contribution in [2.24, 2.45) is 0 Å². The number of amides is 2. The quantitative estimate of drug-likeness (QED) is 0.0199. The fraction of sp³-hybridized carbons (Fsp3) is 0.933. The molecular formula is C30H56N2O70S16. The van der Waals surface area contributed by atoms with E-state index in [9.17, 15) is 217 Å². The maximum absolute atomic E-state index is 14.1. The van der Waals surface area contributed by atoms with Gasteiger partial charge in [-0.1, -0.05) is 12.8 Å². The van der Waals surface area contributed by atoms with Crippen LogP contribution in [0.3, 0.4) is 0 Å². The fourth-order valence-corrected chi connectivity index (χ4v) is 16.0. The highest BCUT2D eigenvalue weighted by atomic mass is 32.3. The van der Waals surface area contributed by atoms with Crippen molar-refractivity contribution in [3.8, 4) is 0 Å². The first-order valence-corrected chi connectivity index (χ1v) is 49.6. The van der Waals surface area contributed by atoms with E-state index in [1.807, 2.05) is 0 Å². The Morgan fingerprint density at radius 2 is 0.492 bits per heavy atom. The zero-order valence-corrected chi connectivity index (χ0v) is 68.3. The van der Waals surface area contributed by atoms with E-state index in [2.05, 4.69) is 66.9 Å². The van der Waals surface area contributed by atoms with E-state index in [4.69, 9.17) is 18.9 Å². The number of rotatable bonds is 55. The van der Waals surface area contributed by atoms with Gasteiger partial charge in [-0.15, -0.1) is 0 Å². The van der Waals surface area contributed by atoms with Crippen LogP contribution in [0.2, 0.25) is 0 Å². The zero-order valence-electron chi connectivity index (χ0n) is 55.2. The second kappa shape index (κ2) is 42.3. The molecule has 0 spiro atoms. The minimum Gasteiger partial charge on any atom is -0.354 e. The van der Waals surface area contributed by atoms with Crippen LogP contribution in [0, 0.1) is 0 Å². The minimum atomic E-state index is -6.82. The third kappa shape index (κ3) is 47.7. The smallest absolute Gasteiger partial charge is 0.354 e. The number of hydrogen-bond acceptors (Lipinski definition) is 54. The van der Waals surface area contributed by atoms with Gasteiger partial charge in [-0.3, -0.25) is 82.4 Å². The molecule has 0 aliphatic carbocycles. The van der Waals surface area contributed by atoms with Gasteiger partial charge in [-0.2, -0.15) is 135 Å².